The van der Waals surface area contributed by atoms with E-state index in [2.05, 4.69) is 5.32 Å². The molecule has 0 aliphatic carbocycles. The maximum atomic E-state index is 11.8. The molecule has 1 heterocycles. The third-order valence-electron chi connectivity index (χ3n) is 2.12. The molecule has 4 heteroatoms. The van der Waals surface area contributed by atoms with Crippen LogP contribution >= 0.6 is 12.2 Å². The Bertz CT molecular complexity index is 270. The molecular formula is C10H17NO2S. The Balaban J connectivity index is 2.65. The van der Waals surface area contributed by atoms with Gasteiger partial charge in [-0.1, -0.05) is 12.2 Å². The Kier molecular flexibility index (Phi) is 2.86. The number of thiocarbonyl (C=S) groups is 1. The summed E-state index contributed by atoms with van der Waals surface area (Å²) in [5.74, 6) is -0.169. The predicted molar refractivity (Wildman–Crippen MR) is 59.2 cm³/mol. The Morgan fingerprint density at radius 2 is 2.14 bits per heavy atom. The van der Waals surface area contributed by atoms with Crippen molar-refractivity contribution in [3.8, 4) is 0 Å². The van der Waals surface area contributed by atoms with Crippen LogP contribution in [0.15, 0.2) is 0 Å². The molecule has 1 unspecified atom stereocenters. The first-order valence-corrected chi connectivity index (χ1v) is 5.14. The molecule has 1 fully saturated rings. The van der Waals surface area contributed by atoms with Crippen molar-refractivity contribution in [3.05, 3.63) is 0 Å². The van der Waals surface area contributed by atoms with Crippen LogP contribution in [0.3, 0.4) is 0 Å². The molecule has 0 radical (unpaired) electrons. The van der Waals surface area contributed by atoms with Crippen LogP contribution in [0.1, 0.15) is 34.1 Å². The van der Waals surface area contributed by atoms with Gasteiger partial charge in [-0.25, -0.2) is 0 Å². The van der Waals surface area contributed by atoms with E-state index < -0.39 is 11.0 Å². The van der Waals surface area contributed by atoms with Crippen LogP contribution in [-0.2, 0) is 9.53 Å². The van der Waals surface area contributed by atoms with Gasteiger partial charge >= 0.3 is 5.97 Å². The molecular weight excluding hydrogens is 198 g/mol. The minimum atomic E-state index is -0.482. The highest BCUT2D eigenvalue weighted by Crippen LogP contribution is 2.29. The van der Waals surface area contributed by atoms with E-state index in [-0.39, 0.29) is 5.97 Å². The summed E-state index contributed by atoms with van der Waals surface area (Å²) >= 11 is 5.01. The van der Waals surface area contributed by atoms with Crippen molar-refractivity contribution in [2.75, 3.05) is 6.54 Å². The fraction of sp³-hybridized carbons (Fsp3) is 0.800. The van der Waals surface area contributed by atoms with Gasteiger partial charge in [0, 0.05) is 13.0 Å². The van der Waals surface area contributed by atoms with Gasteiger partial charge in [0.15, 0.2) is 0 Å². The molecule has 0 aromatic carbocycles. The second-order valence-electron chi connectivity index (χ2n) is 5.02. The van der Waals surface area contributed by atoms with E-state index >= 15 is 0 Å². The summed E-state index contributed by atoms with van der Waals surface area (Å²) in [7, 11) is 0. The van der Waals surface area contributed by atoms with Gasteiger partial charge in [0.25, 0.3) is 0 Å². The lowest BCUT2D eigenvalue weighted by molar-refractivity contribution is -0.165. The average Bonchev–Trinajstić information content (AvgIpc) is 2.29. The molecule has 0 aromatic rings. The molecule has 14 heavy (non-hydrogen) atoms. The molecule has 1 N–H and O–H groups in total. The number of rotatable bonds is 1. The number of ether oxygens (including phenoxy) is 1. The molecule has 0 spiro atoms. The van der Waals surface area contributed by atoms with Crippen molar-refractivity contribution in [2.45, 2.75) is 39.7 Å². The van der Waals surface area contributed by atoms with Crippen molar-refractivity contribution < 1.29 is 9.53 Å². The Morgan fingerprint density at radius 1 is 1.57 bits per heavy atom. The molecule has 3 nitrogen and oxygen atoms in total. The maximum Gasteiger partial charge on any atom is 0.314 e. The van der Waals surface area contributed by atoms with Crippen LogP contribution in [0, 0.1) is 5.41 Å². The molecule has 1 rings (SSSR count). The summed E-state index contributed by atoms with van der Waals surface area (Å²) < 4.78 is 5.33. The van der Waals surface area contributed by atoms with Crippen LogP contribution in [0.5, 0.6) is 0 Å². The predicted octanol–water partition coefficient (Wildman–Crippen LogP) is 1.66. The SMILES string of the molecule is CC(C)(C)OC(=O)C1(C)CNC(=S)C1. The van der Waals surface area contributed by atoms with Crippen molar-refractivity contribution in [3.63, 3.8) is 0 Å². The minimum absolute atomic E-state index is 0.169. The second kappa shape index (κ2) is 3.50. The lowest BCUT2D eigenvalue weighted by Gasteiger charge is -2.26. The van der Waals surface area contributed by atoms with E-state index in [0.29, 0.717) is 13.0 Å². The van der Waals surface area contributed by atoms with Gasteiger partial charge in [-0.3, -0.25) is 4.79 Å². The van der Waals surface area contributed by atoms with Gasteiger partial charge in [-0.2, -0.15) is 0 Å². The molecule has 80 valence electrons. The zero-order valence-electron chi connectivity index (χ0n) is 9.14. The number of esters is 1. The lowest BCUT2D eigenvalue weighted by Crippen LogP contribution is -2.37. The number of carbonyl (C=O) groups is 1. The summed E-state index contributed by atoms with van der Waals surface area (Å²) in [6.07, 6.45) is 0.594. The summed E-state index contributed by atoms with van der Waals surface area (Å²) in [5.41, 5.74) is -0.908. The number of nitrogens with one attached hydrogen (secondary N) is 1. The summed E-state index contributed by atoms with van der Waals surface area (Å²) in [4.78, 5) is 12.6. The maximum absolute atomic E-state index is 11.8. The quantitative estimate of drug-likeness (QED) is 0.533. The van der Waals surface area contributed by atoms with Gasteiger partial charge in [-0.15, -0.1) is 0 Å². The van der Waals surface area contributed by atoms with Gasteiger partial charge in [0.1, 0.15) is 5.60 Å². The van der Waals surface area contributed by atoms with Crippen molar-refractivity contribution in [1.29, 1.82) is 0 Å². The highest BCUT2D eigenvalue weighted by atomic mass is 32.1. The van der Waals surface area contributed by atoms with Crippen LogP contribution in [0.4, 0.5) is 0 Å². The summed E-state index contributed by atoms with van der Waals surface area (Å²) in [6, 6.07) is 0. The molecule has 0 amide bonds. The summed E-state index contributed by atoms with van der Waals surface area (Å²) in [5, 5.41) is 3.01. The van der Waals surface area contributed by atoms with Gasteiger partial charge in [0.05, 0.1) is 10.4 Å². The van der Waals surface area contributed by atoms with Crippen molar-refractivity contribution in [2.24, 2.45) is 5.41 Å². The van der Waals surface area contributed by atoms with E-state index in [1.807, 2.05) is 27.7 Å². The van der Waals surface area contributed by atoms with Crippen LogP contribution < -0.4 is 5.32 Å². The minimum Gasteiger partial charge on any atom is -0.459 e. The smallest absolute Gasteiger partial charge is 0.314 e. The molecule has 0 bridgehead atoms. The zero-order chi connectivity index (χ0) is 11.0. The van der Waals surface area contributed by atoms with Gasteiger partial charge < -0.3 is 10.1 Å². The van der Waals surface area contributed by atoms with Crippen LogP contribution in [-0.4, -0.2) is 23.1 Å². The third kappa shape index (κ3) is 2.67. The third-order valence-corrected chi connectivity index (χ3v) is 2.41. The number of hydrogen-bond acceptors (Lipinski definition) is 3. The molecule has 0 saturated carbocycles. The molecule has 1 aliphatic heterocycles. The Hall–Kier alpha value is -0.640. The lowest BCUT2D eigenvalue weighted by atomic mass is 9.90. The van der Waals surface area contributed by atoms with Gasteiger partial charge in [-0.05, 0) is 27.7 Å². The van der Waals surface area contributed by atoms with E-state index in [4.69, 9.17) is 17.0 Å². The van der Waals surface area contributed by atoms with Crippen molar-refractivity contribution in [1.82, 2.24) is 5.32 Å². The normalized spacial score (nSPS) is 27.3. The average molecular weight is 215 g/mol. The first-order valence-electron chi connectivity index (χ1n) is 4.73. The number of hydrogen-bond donors (Lipinski definition) is 1. The molecule has 1 saturated heterocycles. The topological polar surface area (TPSA) is 38.3 Å². The highest BCUT2D eigenvalue weighted by Gasteiger charge is 2.41. The fourth-order valence-corrected chi connectivity index (χ4v) is 1.71. The largest absolute Gasteiger partial charge is 0.459 e. The standard InChI is InChI=1S/C10H17NO2S/c1-9(2,3)13-8(12)10(4)5-7(14)11-6-10/h5-6H2,1-4H3,(H,11,14). The van der Waals surface area contributed by atoms with E-state index in [1.165, 1.54) is 0 Å². The van der Waals surface area contributed by atoms with E-state index in [0.717, 1.165) is 4.99 Å². The highest BCUT2D eigenvalue weighted by molar-refractivity contribution is 7.80. The summed E-state index contributed by atoms with van der Waals surface area (Å²) in [6.45, 7) is 8.08. The van der Waals surface area contributed by atoms with Gasteiger partial charge in [0.2, 0.25) is 0 Å². The first kappa shape index (κ1) is 11.4. The Labute approximate surface area is 90.2 Å². The molecule has 1 aliphatic rings. The fourth-order valence-electron chi connectivity index (χ4n) is 1.32. The van der Waals surface area contributed by atoms with Crippen molar-refractivity contribution >= 4 is 23.2 Å². The first-order chi connectivity index (χ1) is 6.23. The van der Waals surface area contributed by atoms with E-state index in [9.17, 15) is 4.79 Å². The molecule has 0 aromatic heterocycles. The Morgan fingerprint density at radius 3 is 2.50 bits per heavy atom. The second-order valence-corrected chi connectivity index (χ2v) is 5.51. The van der Waals surface area contributed by atoms with Crippen LogP contribution in [0.25, 0.3) is 0 Å². The monoisotopic (exact) mass is 215 g/mol. The van der Waals surface area contributed by atoms with E-state index in [1.54, 1.807) is 0 Å². The molecule has 1 atom stereocenters. The zero-order valence-corrected chi connectivity index (χ0v) is 9.96. The number of carbonyl (C=O) groups excluding carboxylic acids is 1. The van der Waals surface area contributed by atoms with Crippen LogP contribution in [0.2, 0.25) is 0 Å².